The molecule has 4 rings (SSSR count). The highest BCUT2D eigenvalue weighted by Gasteiger charge is 2.39. The number of hydrogen-bond donors (Lipinski definition) is 1. The summed E-state index contributed by atoms with van der Waals surface area (Å²) in [6.45, 7) is 4.72. The second kappa shape index (κ2) is 8.98. The van der Waals surface area contributed by atoms with Gasteiger partial charge in [-0.2, -0.15) is 0 Å². The summed E-state index contributed by atoms with van der Waals surface area (Å²) in [6.07, 6.45) is -0.665. The smallest absolute Gasteiger partial charge is 0.254 e. The summed E-state index contributed by atoms with van der Waals surface area (Å²) in [6, 6.07) is 10.8. The molecule has 1 N–H and O–H groups in total. The average Bonchev–Trinajstić information content (AvgIpc) is 3.13. The van der Waals surface area contributed by atoms with E-state index in [1.807, 2.05) is 24.3 Å². The minimum absolute atomic E-state index is 0.0922. The Labute approximate surface area is 179 Å². The minimum atomic E-state index is -1.05. The van der Waals surface area contributed by atoms with Gasteiger partial charge in [0.1, 0.15) is 0 Å². The Morgan fingerprint density at radius 3 is 2.37 bits per heavy atom. The highest BCUT2D eigenvalue weighted by atomic mass is 35.5. The van der Waals surface area contributed by atoms with Crippen LogP contribution in [0.25, 0.3) is 0 Å². The van der Waals surface area contributed by atoms with Crippen molar-refractivity contribution in [2.24, 2.45) is 0 Å². The number of benzene rings is 2. The lowest BCUT2D eigenvalue weighted by molar-refractivity contribution is 0.0423. The van der Waals surface area contributed by atoms with Crippen LogP contribution in [0.4, 0.5) is 8.78 Å². The second-order valence-corrected chi connectivity index (χ2v) is 8.35. The Morgan fingerprint density at radius 1 is 1.00 bits per heavy atom. The van der Waals surface area contributed by atoms with Crippen LogP contribution in [-0.4, -0.2) is 77.1 Å². The van der Waals surface area contributed by atoms with Crippen molar-refractivity contribution < 1.29 is 18.7 Å². The van der Waals surface area contributed by atoms with Crippen LogP contribution in [0.15, 0.2) is 42.5 Å². The number of amides is 1. The molecular formula is C22H24ClF2N3O2. The van der Waals surface area contributed by atoms with Gasteiger partial charge in [0.15, 0.2) is 11.6 Å². The highest BCUT2D eigenvalue weighted by Crippen LogP contribution is 2.22. The Hall–Kier alpha value is -2.06. The second-order valence-electron chi connectivity index (χ2n) is 7.91. The van der Waals surface area contributed by atoms with Gasteiger partial charge >= 0.3 is 0 Å². The Morgan fingerprint density at radius 2 is 1.70 bits per heavy atom. The van der Waals surface area contributed by atoms with Crippen LogP contribution in [0.5, 0.6) is 0 Å². The lowest BCUT2D eigenvalue weighted by Gasteiger charge is -2.38. The summed E-state index contributed by atoms with van der Waals surface area (Å²) < 4.78 is 26.6. The van der Waals surface area contributed by atoms with Crippen LogP contribution in [0.3, 0.4) is 0 Å². The van der Waals surface area contributed by atoms with E-state index in [1.165, 1.54) is 16.5 Å². The topological polar surface area (TPSA) is 47.0 Å². The fourth-order valence-electron chi connectivity index (χ4n) is 4.21. The van der Waals surface area contributed by atoms with Crippen molar-refractivity contribution in [1.82, 2.24) is 14.7 Å². The third-order valence-corrected chi connectivity index (χ3v) is 6.16. The first-order chi connectivity index (χ1) is 14.4. The van der Waals surface area contributed by atoms with Gasteiger partial charge < -0.3 is 10.0 Å². The number of β-amino-alcohol motifs (C(OH)–C–C–N with tert-alkyl or cyclic N) is 1. The molecule has 1 amide bonds. The monoisotopic (exact) mass is 435 g/mol. The zero-order valence-electron chi connectivity index (χ0n) is 16.5. The van der Waals surface area contributed by atoms with Crippen LogP contribution in [-0.2, 0) is 6.54 Å². The molecule has 5 nitrogen and oxygen atoms in total. The molecule has 2 aliphatic rings. The van der Waals surface area contributed by atoms with Crippen molar-refractivity contribution in [3.8, 4) is 0 Å². The molecule has 0 saturated carbocycles. The van der Waals surface area contributed by atoms with Crippen LogP contribution in [0.2, 0.25) is 5.02 Å². The summed E-state index contributed by atoms with van der Waals surface area (Å²) in [4.78, 5) is 18.7. The Bertz CT molecular complexity index is 904. The van der Waals surface area contributed by atoms with E-state index in [4.69, 9.17) is 11.6 Å². The number of rotatable bonds is 4. The molecule has 2 aliphatic heterocycles. The minimum Gasteiger partial charge on any atom is -0.390 e. The van der Waals surface area contributed by atoms with Gasteiger partial charge in [-0.25, -0.2) is 8.78 Å². The Kier molecular flexibility index (Phi) is 6.34. The van der Waals surface area contributed by atoms with Crippen molar-refractivity contribution >= 4 is 17.5 Å². The summed E-state index contributed by atoms with van der Waals surface area (Å²) in [7, 11) is 0. The van der Waals surface area contributed by atoms with Crippen LogP contribution >= 0.6 is 11.6 Å². The maximum atomic E-state index is 13.5. The first-order valence-electron chi connectivity index (χ1n) is 10.0. The normalized spacial score (nSPS) is 23.1. The van der Waals surface area contributed by atoms with Crippen molar-refractivity contribution in [1.29, 1.82) is 0 Å². The number of aliphatic hydroxyl groups is 1. The fraction of sp³-hybridized carbons (Fsp3) is 0.409. The first kappa shape index (κ1) is 21.2. The van der Waals surface area contributed by atoms with Crippen LogP contribution in [0, 0.1) is 11.6 Å². The van der Waals surface area contributed by atoms with E-state index in [-0.39, 0.29) is 18.2 Å². The van der Waals surface area contributed by atoms with E-state index in [0.29, 0.717) is 6.54 Å². The van der Waals surface area contributed by atoms with Crippen molar-refractivity contribution in [3.05, 3.63) is 70.2 Å². The van der Waals surface area contributed by atoms with Crippen LogP contribution in [0.1, 0.15) is 15.9 Å². The molecular weight excluding hydrogens is 412 g/mol. The average molecular weight is 436 g/mol. The number of likely N-dealkylation sites (tertiary alicyclic amines) is 1. The molecule has 0 aromatic heterocycles. The van der Waals surface area contributed by atoms with Gasteiger partial charge in [-0.3, -0.25) is 14.6 Å². The molecule has 160 valence electrons. The maximum absolute atomic E-state index is 13.5. The van der Waals surface area contributed by atoms with Gasteiger partial charge in [0, 0.05) is 56.4 Å². The first-order valence-corrected chi connectivity index (χ1v) is 10.4. The standard InChI is InChI=1S/C22H24ClF2N3O2/c23-17-4-1-15(2-5-17)12-26-7-9-27(10-8-26)20-13-28(14-21(20)29)22(30)16-3-6-18(24)19(25)11-16/h1-6,11,20-21,29H,7-10,12-14H2. The molecule has 8 heteroatoms. The number of carbonyl (C=O) groups is 1. The lowest BCUT2D eigenvalue weighted by Crippen LogP contribution is -2.53. The third-order valence-electron chi connectivity index (χ3n) is 5.91. The zero-order valence-corrected chi connectivity index (χ0v) is 17.2. The maximum Gasteiger partial charge on any atom is 0.254 e. The Balaban J connectivity index is 1.32. The summed E-state index contributed by atoms with van der Waals surface area (Å²) in [5.74, 6) is -2.42. The lowest BCUT2D eigenvalue weighted by atomic mass is 10.1. The number of aliphatic hydroxyl groups excluding tert-OH is 1. The molecule has 2 saturated heterocycles. The molecule has 2 aromatic rings. The predicted octanol–water partition coefficient (Wildman–Crippen LogP) is 2.62. The van der Waals surface area contributed by atoms with Gasteiger partial charge in [0.25, 0.3) is 5.91 Å². The summed E-state index contributed by atoms with van der Waals surface area (Å²) in [5, 5.41) is 11.3. The van der Waals surface area contributed by atoms with Crippen molar-refractivity contribution in [2.45, 2.75) is 18.7 Å². The SMILES string of the molecule is O=C(c1ccc(F)c(F)c1)N1CC(O)C(N2CCN(Cc3ccc(Cl)cc3)CC2)C1. The number of carbonyl (C=O) groups excluding carboxylic acids is 1. The third kappa shape index (κ3) is 4.64. The van der Waals surface area contributed by atoms with Gasteiger partial charge in [-0.05, 0) is 35.9 Å². The van der Waals surface area contributed by atoms with Gasteiger partial charge in [-0.1, -0.05) is 23.7 Å². The number of hydrogen-bond acceptors (Lipinski definition) is 4. The quantitative estimate of drug-likeness (QED) is 0.802. The van der Waals surface area contributed by atoms with Gasteiger partial charge in [0.05, 0.1) is 12.1 Å². The molecule has 2 heterocycles. The molecule has 2 aromatic carbocycles. The number of halogens is 3. The van der Waals surface area contributed by atoms with E-state index in [0.717, 1.165) is 49.9 Å². The van der Waals surface area contributed by atoms with Gasteiger partial charge in [-0.15, -0.1) is 0 Å². The fourth-order valence-corrected chi connectivity index (χ4v) is 4.33. The van der Waals surface area contributed by atoms with E-state index >= 15 is 0 Å². The van der Waals surface area contributed by atoms with Crippen LogP contribution < -0.4 is 0 Å². The zero-order chi connectivity index (χ0) is 21.3. The molecule has 30 heavy (non-hydrogen) atoms. The summed E-state index contributed by atoms with van der Waals surface area (Å²) in [5.41, 5.74) is 1.30. The van der Waals surface area contributed by atoms with E-state index in [2.05, 4.69) is 9.80 Å². The van der Waals surface area contributed by atoms with Gasteiger partial charge in [0.2, 0.25) is 0 Å². The van der Waals surface area contributed by atoms with Crippen molar-refractivity contribution in [3.63, 3.8) is 0 Å². The summed E-state index contributed by atoms with van der Waals surface area (Å²) >= 11 is 5.94. The highest BCUT2D eigenvalue weighted by molar-refractivity contribution is 6.30. The molecule has 2 fully saturated rings. The number of nitrogens with zero attached hydrogens (tertiary/aromatic N) is 3. The van der Waals surface area contributed by atoms with Crippen molar-refractivity contribution in [2.75, 3.05) is 39.3 Å². The molecule has 0 aliphatic carbocycles. The van der Waals surface area contributed by atoms with E-state index in [1.54, 1.807) is 0 Å². The molecule has 2 unspecified atom stereocenters. The molecule has 0 radical (unpaired) electrons. The largest absolute Gasteiger partial charge is 0.390 e. The number of piperazine rings is 1. The molecule has 0 spiro atoms. The predicted molar refractivity (Wildman–Crippen MR) is 110 cm³/mol. The van der Waals surface area contributed by atoms with E-state index < -0.39 is 23.6 Å². The molecule has 0 bridgehead atoms. The molecule has 2 atom stereocenters. The van der Waals surface area contributed by atoms with E-state index in [9.17, 15) is 18.7 Å².